The van der Waals surface area contributed by atoms with Crippen LogP contribution in [0.1, 0.15) is 88.1 Å². The summed E-state index contributed by atoms with van der Waals surface area (Å²) in [6.07, 6.45) is 10.7. The number of phenols is 1. The number of fused-ring (bicyclic) bond motifs is 3. The number of para-hydroxylation sites is 1. The van der Waals surface area contributed by atoms with E-state index in [1.807, 2.05) is 35.5 Å². The molecule has 3 aromatic heterocycles. The van der Waals surface area contributed by atoms with E-state index in [0.717, 1.165) is 87.5 Å². The lowest BCUT2D eigenvalue weighted by atomic mass is 9.60. The smallest absolute Gasteiger partial charge is 0.329 e. The number of carbonyl (C=O) groups excluding carboxylic acids is 2. The van der Waals surface area contributed by atoms with Gasteiger partial charge >= 0.3 is 12.0 Å². The number of aromatic hydroxyl groups is 1. The summed E-state index contributed by atoms with van der Waals surface area (Å²) in [4.78, 5) is 46.3. The third-order valence-electron chi connectivity index (χ3n) is 13.6. The van der Waals surface area contributed by atoms with Crippen LogP contribution in [-0.4, -0.2) is 117 Å². The largest absolute Gasteiger partial charge is 0.507 e. The zero-order valence-corrected chi connectivity index (χ0v) is 32.7. The van der Waals surface area contributed by atoms with E-state index in [4.69, 9.17) is 19.4 Å². The Bertz CT molecular complexity index is 2080. The van der Waals surface area contributed by atoms with E-state index in [1.165, 1.54) is 11.1 Å². The number of phenolic OH excluding ortho intramolecular Hbond substituents is 1. The Labute approximate surface area is 327 Å². The first-order valence-corrected chi connectivity index (χ1v) is 20.4. The Kier molecular flexibility index (Phi) is 9.59. The standard InChI is InChI=1S/C42H53N9O5/c1-4-56-38(53)36(41(3)12-17-55-18-13-41)46-40(54)50-24-42(25-50)20-29(21-42)49-14-9-27(10-15-49)28-22-43-39(44-23-28)51-16-11-32-35(26(51)2)31-19-33(47-48-37(31)45-32)30-7-5-6-8-34(30)52/h5-8,19,22-23,26-27,29,36,52H,4,9-18,20-21,24-25H2,1-3H3,(H,45,48)(H,46,54)/t26-,36?/m1/s1. The topological polar surface area (TPSA) is 162 Å². The molecule has 0 bridgehead atoms. The van der Waals surface area contributed by atoms with Crippen molar-refractivity contribution >= 4 is 29.0 Å². The first kappa shape index (κ1) is 36.8. The van der Waals surface area contributed by atoms with Crippen molar-refractivity contribution in [3.05, 3.63) is 59.5 Å². The summed E-state index contributed by atoms with van der Waals surface area (Å²) < 4.78 is 10.9. The highest BCUT2D eigenvalue weighted by molar-refractivity contribution is 5.87. The molecule has 3 saturated heterocycles. The number of aromatic amines is 1. The number of amides is 2. The summed E-state index contributed by atoms with van der Waals surface area (Å²) in [6.45, 7) is 11.9. The fraction of sp³-hybridized carbons (Fsp3) is 0.571. The lowest BCUT2D eigenvalue weighted by Crippen LogP contribution is -2.70. The second-order valence-corrected chi connectivity index (χ2v) is 17.1. The molecule has 3 N–H and O–H groups in total. The van der Waals surface area contributed by atoms with Crippen LogP contribution in [0.15, 0.2) is 42.7 Å². The third-order valence-corrected chi connectivity index (χ3v) is 13.6. The summed E-state index contributed by atoms with van der Waals surface area (Å²) >= 11 is 0. The molecule has 1 unspecified atom stereocenters. The molecule has 1 spiro atoms. The molecule has 296 valence electrons. The van der Waals surface area contributed by atoms with E-state index in [0.29, 0.717) is 49.3 Å². The molecule has 56 heavy (non-hydrogen) atoms. The number of anilines is 1. The molecule has 2 amide bonds. The van der Waals surface area contributed by atoms with Gasteiger partial charge in [-0.05, 0) is 95.1 Å². The molecule has 1 aromatic carbocycles. The highest BCUT2D eigenvalue weighted by Gasteiger charge is 2.56. The van der Waals surface area contributed by atoms with Crippen LogP contribution >= 0.6 is 0 Å². The fourth-order valence-corrected chi connectivity index (χ4v) is 10.1. The van der Waals surface area contributed by atoms with Crippen LogP contribution in [0.25, 0.3) is 22.3 Å². The van der Waals surface area contributed by atoms with Gasteiger partial charge in [0, 0.05) is 90.7 Å². The van der Waals surface area contributed by atoms with Gasteiger partial charge in [-0.1, -0.05) is 19.1 Å². The summed E-state index contributed by atoms with van der Waals surface area (Å²) in [6, 6.07) is 9.00. The highest BCUT2D eigenvalue weighted by Crippen LogP contribution is 2.51. The lowest BCUT2D eigenvalue weighted by Gasteiger charge is -2.61. The van der Waals surface area contributed by atoms with Crippen LogP contribution in [0, 0.1) is 10.8 Å². The van der Waals surface area contributed by atoms with Gasteiger partial charge in [-0.15, -0.1) is 10.2 Å². The number of H-pyrrole nitrogens is 1. The second-order valence-electron chi connectivity index (χ2n) is 17.1. The Balaban J connectivity index is 0.769. The van der Waals surface area contributed by atoms with Crippen LogP contribution in [0.5, 0.6) is 5.75 Å². The molecule has 4 fully saturated rings. The van der Waals surface area contributed by atoms with Crippen molar-refractivity contribution in [2.75, 3.05) is 57.4 Å². The van der Waals surface area contributed by atoms with E-state index in [2.05, 4.69) is 44.1 Å². The SMILES string of the molecule is CCOC(=O)C(NC(=O)N1CC2(CC(N3CCC(c4cnc(N5CCc6[nH]c7nnc(-c8ccccc8O)cc7c6[C@H]5C)nc4)CC3)C2)C1)C1(C)CCOCC1. The average molecular weight is 764 g/mol. The van der Waals surface area contributed by atoms with Gasteiger partial charge in [-0.25, -0.2) is 19.6 Å². The summed E-state index contributed by atoms with van der Waals surface area (Å²) in [7, 11) is 0. The number of rotatable bonds is 8. The highest BCUT2D eigenvalue weighted by atomic mass is 16.5. The molecule has 2 atom stereocenters. The van der Waals surface area contributed by atoms with E-state index in [9.17, 15) is 14.7 Å². The van der Waals surface area contributed by atoms with Gasteiger partial charge in [0.15, 0.2) is 5.65 Å². The zero-order chi connectivity index (χ0) is 38.6. The molecule has 14 heteroatoms. The molecule has 9 rings (SSSR count). The van der Waals surface area contributed by atoms with Crippen LogP contribution in [0.4, 0.5) is 10.7 Å². The van der Waals surface area contributed by atoms with E-state index in [1.54, 1.807) is 19.1 Å². The number of piperidine rings is 1. The fourth-order valence-electron chi connectivity index (χ4n) is 10.1. The van der Waals surface area contributed by atoms with Gasteiger partial charge in [0.25, 0.3) is 0 Å². The maximum atomic E-state index is 13.3. The number of nitrogens with one attached hydrogen (secondary N) is 2. The van der Waals surface area contributed by atoms with Crippen molar-refractivity contribution in [1.82, 2.24) is 40.3 Å². The first-order valence-electron chi connectivity index (χ1n) is 20.4. The van der Waals surface area contributed by atoms with Crippen LogP contribution in [0.3, 0.4) is 0 Å². The number of benzene rings is 1. The van der Waals surface area contributed by atoms with Crippen molar-refractivity contribution < 1.29 is 24.2 Å². The first-order chi connectivity index (χ1) is 27.1. The summed E-state index contributed by atoms with van der Waals surface area (Å²) in [5, 5.41) is 23.4. The van der Waals surface area contributed by atoms with Gasteiger partial charge in [0.2, 0.25) is 5.95 Å². The molecule has 4 aliphatic heterocycles. The molecule has 1 aliphatic carbocycles. The number of hydrogen-bond donors (Lipinski definition) is 3. The maximum absolute atomic E-state index is 13.3. The van der Waals surface area contributed by atoms with E-state index < -0.39 is 6.04 Å². The molecule has 5 aliphatic rings. The van der Waals surface area contributed by atoms with Crippen molar-refractivity contribution in [3.63, 3.8) is 0 Å². The van der Waals surface area contributed by atoms with Gasteiger partial charge < -0.3 is 39.6 Å². The molecule has 14 nitrogen and oxygen atoms in total. The van der Waals surface area contributed by atoms with Crippen LogP contribution < -0.4 is 10.2 Å². The Morgan fingerprint density at radius 1 is 1.07 bits per heavy atom. The third kappa shape index (κ3) is 6.63. The van der Waals surface area contributed by atoms with Crippen molar-refractivity contribution in [2.24, 2.45) is 10.8 Å². The minimum absolute atomic E-state index is 0.0351. The lowest BCUT2D eigenvalue weighted by molar-refractivity contribution is -0.151. The number of hydrogen-bond acceptors (Lipinski definition) is 11. The Morgan fingerprint density at radius 3 is 2.52 bits per heavy atom. The quantitative estimate of drug-likeness (QED) is 0.199. The average Bonchev–Trinajstić information content (AvgIpc) is 3.56. The minimum atomic E-state index is -0.670. The number of urea groups is 1. The molecule has 7 heterocycles. The predicted molar refractivity (Wildman–Crippen MR) is 210 cm³/mol. The normalized spacial score (nSPS) is 22.9. The molecule has 0 radical (unpaired) electrons. The van der Waals surface area contributed by atoms with Crippen molar-refractivity contribution in [3.8, 4) is 17.0 Å². The number of aromatic nitrogens is 5. The maximum Gasteiger partial charge on any atom is 0.329 e. The summed E-state index contributed by atoms with van der Waals surface area (Å²) in [5.41, 5.74) is 5.41. The zero-order valence-electron chi connectivity index (χ0n) is 32.7. The minimum Gasteiger partial charge on any atom is -0.507 e. The molecule has 4 aromatic rings. The van der Waals surface area contributed by atoms with E-state index >= 15 is 0 Å². The van der Waals surface area contributed by atoms with Crippen molar-refractivity contribution in [1.29, 1.82) is 0 Å². The number of ether oxygens (including phenoxy) is 2. The van der Waals surface area contributed by atoms with Gasteiger partial charge in [-0.3, -0.25) is 0 Å². The van der Waals surface area contributed by atoms with E-state index in [-0.39, 0.29) is 41.2 Å². The number of esters is 1. The molecule has 1 saturated carbocycles. The van der Waals surface area contributed by atoms with Crippen molar-refractivity contribution in [2.45, 2.75) is 89.8 Å². The van der Waals surface area contributed by atoms with Gasteiger partial charge in [-0.2, -0.15) is 0 Å². The summed E-state index contributed by atoms with van der Waals surface area (Å²) in [5.74, 6) is 1.00. The Hall–Kier alpha value is -4.82. The molecular weight excluding hydrogens is 711 g/mol. The number of carbonyl (C=O) groups is 2. The predicted octanol–water partition coefficient (Wildman–Crippen LogP) is 5.35. The second kappa shape index (κ2) is 14.6. The Morgan fingerprint density at radius 2 is 1.80 bits per heavy atom. The van der Waals surface area contributed by atoms with Gasteiger partial charge in [0.05, 0.1) is 18.3 Å². The van der Waals surface area contributed by atoms with Crippen LogP contribution in [-0.2, 0) is 20.7 Å². The van der Waals surface area contributed by atoms with Crippen LogP contribution in [0.2, 0.25) is 0 Å². The molecular formula is C42H53N9O5. The number of likely N-dealkylation sites (tertiary alicyclic amines) is 2. The monoisotopic (exact) mass is 763 g/mol. The van der Waals surface area contributed by atoms with Gasteiger partial charge in [0.1, 0.15) is 11.8 Å². The number of nitrogens with zero attached hydrogens (tertiary/aromatic N) is 7.